The van der Waals surface area contributed by atoms with Gasteiger partial charge in [0.2, 0.25) is 0 Å². The van der Waals surface area contributed by atoms with E-state index < -0.39 is 15.1 Å². The summed E-state index contributed by atoms with van der Waals surface area (Å²) >= 11 is 0. The second kappa shape index (κ2) is 5.08. The Labute approximate surface area is 129 Å². The summed E-state index contributed by atoms with van der Waals surface area (Å²) < 4.78 is 25.8. The first-order chi connectivity index (χ1) is 10.3. The third kappa shape index (κ3) is 2.20. The molecule has 2 atom stereocenters. The summed E-state index contributed by atoms with van der Waals surface area (Å²) in [5.74, 6) is 0.546. The first kappa shape index (κ1) is 15.0. The number of amides is 1. The van der Waals surface area contributed by atoms with Gasteiger partial charge in [-0.05, 0) is 32.9 Å². The van der Waals surface area contributed by atoms with Gasteiger partial charge in [0.1, 0.15) is 5.82 Å². The molecule has 0 N–H and O–H groups in total. The molecular weight excluding hydrogens is 302 g/mol. The Hall–Kier alpha value is -1.89. The minimum atomic E-state index is -3.12. The van der Waals surface area contributed by atoms with Crippen molar-refractivity contribution in [3.63, 3.8) is 0 Å². The largest absolute Gasteiger partial charge is 0.332 e. The van der Waals surface area contributed by atoms with Gasteiger partial charge in [-0.3, -0.25) is 4.79 Å². The first-order valence-electron chi connectivity index (χ1n) is 7.29. The summed E-state index contributed by atoms with van der Waals surface area (Å²) in [5.41, 5.74) is 1.13. The number of aromatic nitrogens is 2. The van der Waals surface area contributed by atoms with Crippen LogP contribution in [0.1, 0.15) is 30.2 Å². The molecule has 1 fully saturated rings. The molecule has 6 nitrogen and oxygen atoms in total. The summed E-state index contributed by atoms with van der Waals surface area (Å²) in [4.78, 5) is 18.9. The number of fused-ring (bicyclic) bond motifs is 1. The first-order valence-corrected chi connectivity index (χ1v) is 9.00. The smallest absolute Gasteiger partial charge is 0.275 e. The number of hydrogen-bond donors (Lipinski definition) is 0. The Bertz CT molecular complexity index is 841. The second-order valence-electron chi connectivity index (χ2n) is 5.77. The molecule has 0 unspecified atom stereocenters. The molecule has 1 saturated heterocycles. The van der Waals surface area contributed by atoms with Crippen molar-refractivity contribution < 1.29 is 13.2 Å². The molecule has 118 valence electrons. The molecule has 0 radical (unpaired) electrons. The van der Waals surface area contributed by atoms with Crippen LogP contribution in [0.25, 0.3) is 5.52 Å². The molecule has 0 spiro atoms. The fourth-order valence-electron chi connectivity index (χ4n) is 2.94. The van der Waals surface area contributed by atoms with Crippen molar-refractivity contribution >= 4 is 21.3 Å². The van der Waals surface area contributed by atoms with Crippen LogP contribution >= 0.6 is 0 Å². The zero-order valence-corrected chi connectivity index (χ0v) is 13.7. The Morgan fingerprint density at radius 3 is 2.77 bits per heavy atom. The van der Waals surface area contributed by atoms with Crippen LogP contribution in [-0.4, -0.2) is 52.2 Å². The van der Waals surface area contributed by atoms with Gasteiger partial charge in [0.05, 0.1) is 16.5 Å². The predicted octanol–water partition coefficient (Wildman–Crippen LogP) is 1.29. The van der Waals surface area contributed by atoms with Crippen molar-refractivity contribution in [2.45, 2.75) is 32.1 Å². The fourth-order valence-corrected chi connectivity index (χ4v) is 4.51. The van der Waals surface area contributed by atoms with Crippen molar-refractivity contribution in [2.24, 2.45) is 0 Å². The lowest BCUT2D eigenvalue weighted by molar-refractivity contribution is 0.0689. The number of imidazole rings is 1. The Balaban J connectivity index is 2.00. The molecule has 22 heavy (non-hydrogen) atoms. The molecule has 0 bridgehead atoms. The van der Waals surface area contributed by atoms with Crippen LogP contribution in [0.4, 0.5) is 0 Å². The average Bonchev–Trinajstić information content (AvgIpc) is 2.82. The average molecular weight is 321 g/mol. The van der Waals surface area contributed by atoms with Crippen LogP contribution in [0, 0.1) is 6.92 Å². The Morgan fingerprint density at radius 2 is 2.05 bits per heavy atom. The van der Waals surface area contributed by atoms with Crippen LogP contribution in [-0.2, 0) is 9.84 Å². The SMILES string of the molecule is Cc1nc(C(=O)N2CCS(=O)(=O)[C@@H](C)[C@@H]2C)c2ccccn12. The van der Waals surface area contributed by atoms with Gasteiger partial charge in [-0.1, -0.05) is 6.07 Å². The van der Waals surface area contributed by atoms with Crippen LogP contribution in [0.15, 0.2) is 24.4 Å². The van der Waals surface area contributed by atoms with Gasteiger partial charge in [0.15, 0.2) is 15.5 Å². The highest BCUT2D eigenvalue weighted by Gasteiger charge is 2.39. The summed E-state index contributed by atoms with van der Waals surface area (Å²) in [6.45, 7) is 5.51. The minimum Gasteiger partial charge on any atom is -0.332 e. The fraction of sp³-hybridized carbons (Fsp3) is 0.467. The highest BCUT2D eigenvalue weighted by Crippen LogP contribution is 2.23. The van der Waals surface area contributed by atoms with Gasteiger partial charge in [0, 0.05) is 18.8 Å². The van der Waals surface area contributed by atoms with Crippen LogP contribution in [0.2, 0.25) is 0 Å². The van der Waals surface area contributed by atoms with E-state index in [1.807, 2.05) is 35.7 Å². The van der Waals surface area contributed by atoms with Crippen molar-refractivity contribution in [3.05, 3.63) is 35.9 Å². The lowest BCUT2D eigenvalue weighted by Gasteiger charge is -2.37. The van der Waals surface area contributed by atoms with Crippen molar-refractivity contribution in [1.82, 2.24) is 14.3 Å². The van der Waals surface area contributed by atoms with Crippen LogP contribution in [0.5, 0.6) is 0 Å². The van der Waals surface area contributed by atoms with E-state index in [-0.39, 0.29) is 24.2 Å². The van der Waals surface area contributed by atoms with Crippen LogP contribution < -0.4 is 0 Å². The summed E-state index contributed by atoms with van der Waals surface area (Å²) in [5, 5.41) is -0.555. The topological polar surface area (TPSA) is 71.8 Å². The number of aryl methyl sites for hydroxylation is 1. The molecule has 7 heteroatoms. The third-order valence-electron chi connectivity index (χ3n) is 4.54. The summed E-state index contributed by atoms with van der Waals surface area (Å²) in [6, 6.07) is 5.24. The molecule has 0 aromatic carbocycles. The molecule has 2 aromatic heterocycles. The number of nitrogens with zero attached hydrogens (tertiary/aromatic N) is 3. The standard InChI is InChI=1S/C15H19N3O3S/c1-10-11(2)22(20,21)9-8-17(10)15(19)14-13-6-4-5-7-18(13)12(3)16-14/h4-7,10-11H,8-9H2,1-3H3/t10-,11-/m0/s1. The quantitative estimate of drug-likeness (QED) is 0.793. The maximum atomic E-state index is 12.8. The maximum absolute atomic E-state index is 12.8. The lowest BCUT2D eigenvalue weighted by atomic mass is 10.2. The third-order valence-corrected chi connectivity index (χ3v) is 6.82. The van der Waals surface area contributed by atoms with Gasteiger partial charge in [-0.15, -0.1) is 0 Å². The van der Waals surface area contributed by atoms with Gasteiger partial charge < -0.3 is 9.30 Å². The normalized spacial score (nSPS) is 24.6. The second-order valence-corrected chi connectivity index (χ2v) is 8.25. The van der Waals surface area contributed by atoms with Gasteiger partial charge in [-0.2, -0.15) is 0 Å². The molecule has 1 amide bonds. The number of carbonyl (C=O) groups excluding carboxylic acids is 1. The molecular formula is C15H19N3O3S. The van der Waals surface area contributed by atoms with Crippen molar-refractivity contribution in [3.8, 4) is 0 Å². The van der Waals surface area contributed by atoms with E-state index in [2.05, 4.69) is 4.98 Å². The molecule has 3 rings (SSSR count). The van der Waals surface area contributed by atoms with Gasteiger partial charge in [0.25, 0.3) is 5.91 Å². The number of sulfone groups is 1. The Morgan fingerprint density at radius 1 is 1.32 bits per heavy atom. The summed E-state index contributed by atoms with van der Waals surface area (Å²) in [7, 11) is -3.12. The Kier molecular flexibility index (Phi) is 3.47. The van der Waals surface area contributed by atoms with Gasteiger partial charge in [-0.25, -0.2) is 13.4 Å². The van der Waals surface area contributed by atoms with E-state index in [0.29, 0.717) is 5.69 Å². The van der Waals surface area contributed by atoms with E-state index in [1.54, 1.807) is 18.7 Å². The molecule has 0 saturated carbocycles. The highest BCUT2D eigenvalue weighted by atomic mass is 32.2. The minimum absolute atomic E-state index is 0.00894. The van der Waals surface area contributed by atoms with E-state index >= 15 is 0 Å². The van der Waals surface area contributed by atoms with E-state index in [0.717, 1.165) is 11.3 Å². The predicted molar refractivity (Wildman–Crippen MR) is 83.7 cm³/mol. The molecule has 3 heterocycles. The van der Waals surface area contributed by atoms with Crippen molar-refractivity contribution in [1.29, 1.82) is 0 Å². The number of carbonyl (C=O) groups is 1. The van der Waals surface area contributed by atoms with Gasteiger partial charge >= 0.3 is 0 Å². The molecule has 1 aliphatic heterocycles. The van der Waals surface area contributed by atoms with E-state index in [4.69, 9.17) is 0 Å². The maximum Gasteiger partial charge on any atom is 0.275 e. The number of pyridine rings is 1. The number of hydrogen-bond acceptors (Lipinski definition) is 4. The zero-order valence-electron chi connectivity index (χ0n) is 12.9. The number of rotatable bonds is 1. The van der Waals surface area contributed by atoms with E-state index in [9.17, 15) is 13.2 Å². The van der Waals surface area contributed by atoms with E-state index in [1.165, 1.54) is 0 Å². The molecule has 0 aliphatic carbocycles. The molecule has 1 aliphatic rings. The summed E-state index contributed by atoms with van der Waals surface area (Å²) in [6.07, 6.45) is 1.86. The van der Waals surface area contributed by atoms with Crippen LogP contribution in [0.3, 0.4) is 0 Å². The molecule has 2 aromatic rings. The monoisotopic (exact) mass is 321 g/mol. The zero-order chi connectivity index (χ0) is 16.1. The van der Waals surface area contributed by atoms with Crippen molar-refractivity contribution in [2.75, 3.05) is 12.3 Å². The highest BCUT2D eigenvalue weighted by molar-refractivity contribution is 7.92. The lowest BCUT2D eigenvalue weighted by Crippen LogP contribution is -2.54.